The number of pyridine rings is 1. The van der Waals surface area contributed by atoms with E-state index in [-0.39, 0.29) is 35.7 Å². The molecule has 1 aromatic carbocycles. The van der Waals surface area contributed by atoms with E-state index in [4.69, 9.17) is 9.72 Å². The van der Waals surface area contributed by atoms with Crippen LogP contribution >= 0.6 is 0 Å². The first-order valence-electron chi connectivity index (χ1n) is 19.6. The summed E-state index contributed by atoms with van der Waals surface area (Å²) in [6.45, 7) is 8.58. The predicted molar refractivity (Wildman–Crippen MR) is 214 cm³/mol. The summed E-state index contributed by atoms with van der Waals surface area (Å²) in [5.74, 6) is 0.634. The summed E-state index contributed by atoms with van der Waals surface area (Å²) in [6.07, 6.45) is 8.22. The van der Waals surface area contributed by atoms with Gasteiger partial charge in [-0.15, -0.1) is 0 Å². The molecule has 0 bridgehead atoms. The van der Waals surface area contributed by atoms with Gasteiger partial charge in [0.05, 0.1) is 54.9 Å². The fourth-order valence-corrected chi connectivity index (χ4v) is 8.01. The van der Waals surface area contributed by atoms with Gasteiger partial charge in [0, 0.05) is 37.5 Å². The molecule has 4 amide bonds. The molecule has 2 fully saturated rings. The number of imidazole rings is 2. The molecule has 0 spiro atoms. The Morgan fingerprint density at radius 1 is 0.793 bits per heavy atom. The van der Waals surface area contributed by atoms with Crippen LogP contribution in [0.2, 0.25) is 0 Å². The molecular weight excluding hydrogens is 743 g/mol. The molecule has 304 valence electrons. The minimum Gasteiger partial charge on any atom is -0.465 e. The number of H-pyrrole nitrogens is 2. The maximum absolute atomic E-state index is 13.6. The van der Waals surface area contributed by atoms with Gasteiger partial charge in [0.25, 0.3) is 0 Å². The molecule has 0 radical (unpaired) electrons. The summed E-state index contributed by atoms with van der Waals surface area (Å²) < 4.78 is 4.75. The average molecular weight is 792 g/mol. The molecule has 4 N–H and O–H groups in total. The second-order valence-electron chi connectivity index (χ2n) is 15.6. The Morgan fingerprint density at radius 2 is 1.38 bits per heavy atom. The number of carbonyl (C=O) groups is 4. The van der Waals surface area contributed by atoms with E-state index in [1.807, 2.05) is 58.0 Å². The zero-order valence-corrected chi connectivity index (χ0v) is 33.5. The third-order valence-corrected chi connectivity index (χ3v) is 11.1. The van der Waals surface area contributed by atoms with Gasteiger partial charge in [0.15, 0.2) is 5.65 Å². The summed E-state index contributed by atoms with van der Waals surface area (Å²) in [5, 5.41) is 12.3. The Morgan fingerprint density at radius 3 is 1.95 bits per heavy atom. The Balaban J connectivity index is 1.03. The first kappa shape index (κ1) is 39.8. The highest BCUT2D eigenvalue weighted by molar-refractivity contribution is 5.87. The number of amides is 4. The highest BCUT2D eigenvalue weighted by atomic mass is 16.5. The van der Waals surface area contributed by atoms with Gasteiger partial charge in [-0.1, -0.05) is 52.0 Å². The Hall–Kier alpha value is -6.39. The first-order chi connectivity index (χ1) is 27.8. The SMILES string of the molecule is COC(=O)N[C@H](C(=O)N1CCC[C@H]1c1ncc(-c2ccc(-c3cnc4cc(-c5cnc([C@@H]6CCCN6C(=O)[C@H](C(C)C)N(C)C(=O)O)[nH]5)cnc4n3)cc2)[nH]1)C(C)C. The fourth-order valence-electron chi connectivity index (χ4n) is 8.01. The van der Waals surface area contributed by atoms with Crippen LogP contribution < -0.4 is 5.32 Å². The summed E-state index contributed by atoms with van der Waals surface area (Å²) in [4.78, 5) is 85.6. The average Bonchev–Trinajstić information content (AvgIpc) is 4.06. The van der Waals surface area contributed by atoms with Crippen molar-refractivity contribution in [3.05, 3.63) is 66.8 Å². The largest absolute Gasteiger partial charge is 0.465 e. The number of likely N-dealkylation sites (N-methyl/N-ethyl adjacent to an activating group) is 1. The molecule has 17 nitrogen and oxygen atoms in total. The van der Waals surface area contributed by atoms with E-state index in [2.05, 4.69) is 35.2 Å². The molecule has 2 aliphatic rings. The normalized spacial score (nSPS) is 17.9. The van der Waals surface area contributed by atoms with Gasteiger partial charge in [-0.05, 0) is 49.1 Å². The maximum atomic E-state index is 13.6. The van der Waals surface area contributed by atoms with Crippen LogP contribution in [0, 0.1) is 11.8 Å². The second-order valence-corrected chi connectivity index (χ2v) is 15.6. The Bertz CT molecular complexity index is 2300. The molecule has 17 heteroatoms. The van der Waals surface area contributed by atoms with E-state index >= 15 is 0 Å². The molecule has 0 aliphatic carbocycles. The lowest BCUT2D eigenvalue weighted by molar-refractivity contribution is -0.138. The molecule has 4 atom stereocenters. The molecule has 0 unspecified atom stereocenters. The number of methoxy groups -OCH3 is 1. The van der Waals surface area contributed by atoms with Crippen molar-refractivity contribution in [2.75, 3.05) is 27.2 Å². The molecule has 6 heterocycles. The van der Waals surface area contributed by atoms with E-state index < -0.39 is 24.3 Å². The van der Waals surface area contributed by atoms with E-state index in [1.54, 1.807) is 34.6 Å². The summed E-state index contributed by atoms with van der Waals surface area (Å²) in [6, 6.07) is 7.74. The van der Waals surface area contributed by atoms with Crippen molar-refractivity contribution in [1.82, 2.24) is 54.9 Å². The quantitative estimate of drug-likeness (QED) is 0.125. The zero-order chi connectivity index (χ0) is 41.2. The molecule has 5 aromatic rings. The van der Waals surface area contributed by atoms with E-state index in [9.17, 15) is 24.3 Å². The van der Waals surface area contributed by atoms with Gasteiger partial charge in [0.2, 0.25) is 11.8 Å². The van der Waals surface area contributed by atoms with Crippen molar-refractivity contribution in [3.63, 3.8) is 0 Å². The monoisotopic (exact) mass is 791 g/mol. The van der Waals surface area contributed by atoms with Gasteiger partial charge in [-0.25, -0.2) is 29.5 Å². The number of benzene rings is 1. The van der Waals surface area contributed by atoms with Crippen LogP contribution in [0.4, 0.5) is 9.59 Å². The van der Waals surface area contributed by atoms with Crippen molar-refractivity contribution in [3.8, 4) is 33.8 Å². The smallest absolute Gasteiger partial charge is 0.407 e. The number of nitrogens with one attached hydrogen (secondary N) is 3. The summed E-state index contributed by atoms with van der Waals surface area (Å²) in [7, 11) is 2.71. The number of fused-ring (bicyclic) bond motifs is 1. The van der Waals surface area contributed by atoms with Gasteiger partial charge in [0.1, 0.15) is 29.2 Å². The van der Waals surface area contributed by atoms with E-state index in [0.717, 1.165) is 52.2 Å². The van der Waals surface area contributed by atoms with Crippen molar-refractivity contribution in [2.45, 2.75) is 77.5 Å². The number of nitrogens with zero attached hydrogens (tertiary/aromatic N) is 8. The number of likely N-dealkylation sites (tertiary alicyclic amines) is 2. The van der Waals surface area contributed by atoms with Gasteiger partial charge < -0.3 is 34.9 Å². The highest BCUT2D eigenvalue weighted by Gasteiger charge is 2.40. The number of rotatable bonds is 11. The van der Waals surface area contributed by atoms with Crippen LogP contribution in [-0.2, 0) is 14.3 Å². The topological polar surface area (TPSA) is 216 Å². The van der Waals surface area contributed by atoms with Crippen LogP contribution in [0.3, 0.4) is 0 Å². The number of aromatic nitrogens is 7. The zero-order valence-electron chi connectivity index (χ0n) is 33.5. The highest BCUT2D eigenvalue weighted by Crippen LogP contribution is 2.35. The third-order valence-electron chi connectivity index (χ3n) is 11.1. The van der Waals surface area contributed by atoms with Crippen molar-refractivity contribution in [1.29, 1.82) is 0 Å². The second kappa shape index (κ2) is 16.6. The lowest BCUT2D eigenvalue weighted by atomic mass is 10.0. The van der Waals surface area contributed by atoms with Crippen molar-refractivity contribution >= 4 is 35.2 Å². The molecule has 4 aromatic heterocycles. The lowest BCUT2D eigenvalue weighted by Crippen LogP contribution is -2.51. The molecular formula is C41H49N11O6. The number of carboxylic acid groups (broad SMARTS) is 1. The van der Waals surface area contributed by atoms with Gasteiger partial charge in [-0.3, -0.25) is 19.5 Å². The summed E-state index contributed by atoms with van der Waals surface area (Å²) >= 11 is 0. The van der Waals surface area contributed by atoms with Crippen molar-refractivity contribution < 1.29 is 29.0 Å². The lowest BCUT2D eigenvalue weighted by Gasteiger charge is -2.33. The van der Waals surface area contributed by atoms with E-state index in [1.165, 1.54) is 14.2 Å². The minimum atomic E-state index is -1.14. The van der Waals surface area contributed by atoms with Crippen LogP contribution in [0.25, 0.3) is 44.9 Å². The molecule has 2 saturated heterocycles. The number of carbonyl (C=O) groups excluding carboxylic acids is 3. The molecule has 2 aliphatic heterocycles. The third kappa shape index (κ3) is 7.93. The molecule has 7 rings (SSSR count). The maximum Gasteiger partial charge on any atom is 0.407 e. The standard InChI is InChI=1S/C41H49N11O6/c1-22(2)33(49-40(55)58-6)38(53)51-15-7-9-31(51)36-44-20-29(47-36)25-13-11-24(12-14-25)28-19-42-27-17-26(18-43-35(27)46-28)30-21-45-37(48-30)32-10-8-16-52(32)39(54)34(23(3)4)50(5)41(56)57/h11-14,17-23,31-34H,7-10,15-16H2,1-6H3,(H,44,47)(H,45,48)(H,49,55)(H,56,57)/t31-,32-,33-,34-/m0/s1. The fraction of sp³-hybridized carbons (Fsp3) is 0.439. The first-order valence-corrected chi connectivity index (χ1v) is 19.6. The van der Waals surface area contributed by atoms with Crippen LogP contribution in [0.15, 0.2) is 55.1 Å². The number of ether oxygens (including phenoxy) is 1. The van der Waals surface area contributed by atoms with Crippen LogP contribution in [0.1, 0.15) is 77.1 Å². The van der Waals surface area contributed by atoms with Gasteiger partial charge >= 0.3 is 12.2 Å². The number of alkyl carbamates (subject to hydrolysis) is 1. The van der Waals surface area contributed by atoms with Gasteiger partial charge in [-0.2, -0.15) is 0 Å². The van der Waals surface area contributed by atoms with Crippen molar-refractivity contribution in [2.24, 2.45) is 11.8 Å². The molecule has 58 heavy (non-hydrogen) atoms. The predicted octanol–water partition coefficient (Wildman–Crippen LogP) is 5.81. The van der Waals surface area contributed by atoms with Crippen LogP contribution in [0.5, 0.6) is 0 Å². The summed E-state index contributed by atoms with van der Waals surface area (Å²) in [5.41, 5.74) is 5.82. The number of aromatic amines is 2. The molecule has 0 saturated carbocycles. The Labute approximate surface area is 335 Å². The minimum absolute atomic E-state index is 0.120. The van der Waals surface area contributed by atoms with Crippen LogP contribution in [-0.4, -0.2) is 118 Å². The van der Waals surface area contributed by atoms with E-state index in [0.29, 0.717) is 48.0 Å². The number of hydrogen-bond acceptors (Lipinski definition) is 10. The number of hydrogen-bond donors (Lipinski definition) is 4. The Kier molecular flexibility index (Phi) is 11.4.